The summed E-state index contributed by atoms with van der Waals surface area (Å²) in [6.07, 6.45) is 3.04. The van der Waals surface area contributed by atoms with E-state index >= 15 is 0 Å². The summed E-state index contributed by atoms with van der Waals surface area (Å²) in [7, 11) is 3.33. The van der Waals surface area contributed by atoms with Gasteiger partial charge in [0, 0.05) is 26.0 Å². The average molecular weight is 366 g/mol. The fourth-order valence-electron chi connectivity index (χ4n) is 1.94. The van der Waals surface area contributed by atoms with Crippen molar-refractivity contribution in [2.75, 3.05) is 31.3 Å². The van der Waals surface area contributed by atoms with Crippen molar-refractivity contribution in [2.45, 2.75) is 13.5 Å². The number of likely N-dealkylation sites (N-methyl/N-ethyl adjacent to an activating group) is 1. The summed E-state index contributed by atoms with van der Waals surface area (Å²) < 4.78 is 6.79. The lowest BCUT2D eigenvalue weighted by Gasteiger charge is -2.10. The zero-order valence-corrected chi connectivity index (χ0v) is 15.0. The van der Waals surface area contributed by atoms with Crippen LogP contribution in [0.1, 0.15) is 6.92 Å². The molecule has 0 radical (unpaired) electrons. The molecule has 0 fully saturated rings. The van der Waals surface area contributed by atoms with Crippen LogP contribution in [-0.2, 0) is 11.3 Å². The maximum Gasteiger partial charge on any atom is 0.323 e. The van der Waals surface area contributed by atoms with Gasteiger partial charge in [0.2, 0.25) is 5.91 Å². The van der Waals surface area contributed by atoms with E-state index in [-0.39, 0.29) is 12.5 Å². The number of halogens is 1. The summed E-state index contributed by atoms with van der Waals surface area (Å²) in [5.41, 5.74) is 1.00. The van der Waals surface area contributed by atoms with Crippen molar-refractivity contribution in [2.24, 2.45) is 0 Å². The van der Waals surface area contributed by atoms with Crippen LogP contribution in [0, 0.1) is 0 Å². The van der Waals surface area contributed by atoms with E-state index < -0.39 is 6.03 Å². The van der Waals surface area contributed by atoms with E-state index in [4.69, 9.17) is 16.3 Å². The molecule has 0 unspecified atom stereocenters. The van der Waals surface area contributed by atoms with Gasteiger partial charge >= 0.3 is 6.03 Å². The summed E-state index contributed by atoms with van der Waals surface area (Å²) in [6, 6.07) is 4.53. The molecular formula is C16H20ClN5O3. The number of rotatable bonds is 6. The molecule has 3 amide bonds. The Morgan fingerprint density at radius 1 is 1.28 bits per heavy atom. The number of nitrogens with zero attached hydrogens (tertiary/aromatic N) is 3. The Kier molecular flexibility index (Phi) is 6.24. The van der Waals surface area contributed by atoms with Crippen molar-refractivity contribution in [3.63, 3.8) is 0 Å². The number of aromatic nitrogens is 2. The van der Waals surface area contributed by atoms with Crippen LogP contribution in [0.2, 0.25) is 5.02 Å². The Balaban J connectivity index is 1.93. The van der Waals surface area contributed by atoms with Gasteiger partial charge in [0.05, 0.1) is 23.5 Å². The number of benzene rings is 1. The van der Waals surface area contributed by atoms with Gasteiger partial charge in [-0.3, -0.25) is 9.48 Å². The molecule has 2 aromatic rings. The molecule has 0 bridgehead atoms. The highest BCUT2D eigenvalue weighted by atomic mass is 35.5. The van der Waals surface area contributed by atoms with Gasteiger partial charge in [0.1, 0.15) is 12.3 Å². The summed E-state index contributed by atoms with van der Waals surface area (Å²) >= 11 is 6.08. The van der Waals surface area contributed by atoms with Crippen molar-refractivity contribution in [3.8, 4) is 5.75 Å². The Hall–Kier alpha value is -2.74. The normalized spacial score (nSPS) is 10.2. The van der Waals surface area contributed by atoms with Crippen molar-refractivity contribution in [1.82, 2.24) is 14.7 Å². The highest BCUT2D eigenvalue weighted by molar-refractivity contribution is 6.32. The zero-order chi connectivity index (χ0) is 18.4. The first-order valence-corrected chi connectivity index (χ1v) is 7.99. The number of hydrogen-bond donors (Lipinski definition) is 2. The maximum atomic E-state index is 12.0. The lowest BCUT2D eigenvalue weighted by atomic mass is 10.3. The van der Waals surface area contributed by atoms with Gasteiger partial charge in [-0.1, -0.05) is 11.6 Å². The average Bonchev–Trinajstić information content (AvgIpc) is 2.96. The molecule has 1 aromatic carbocycles. The molecule has 25 heavy (non-hydrogen) atoms. The van der Waals surface area contributed by atoms with E-state index in [1.807, 2.05) is 6.92 Å². The predicted octanol–water partition coefficient (Wildman–Crippen LogP) is 2.67. The van der Waals surface area contributed by atoms with E-state index in [1.165, 1.54) is 15.8 Å². The van der Waals surface area contributed by atoms with Crippen molar-refractivity contribution in [3.05, 3.63) is 35.6 Å². The zero-order valence-electron chi connectivity index (χ0n) is 14.2. The molecule has 134 valence electrons. The fraction of sp³-hybridized carbons (Fsp3) is 0.312. The van der Waals surface area contributed by atoms with Crippen LogP contribution in [0.5, 0.6) is 5.75 Å². The van der Waals surface area contributed by atoms with Crippen molar-refractivity contribution >= 4 is 34.9 Å². The smallest absolute Gasteiger partial charge is 0.323 e. The van der Waals surface area contributed by atoms with Gasteiger partial charge in [-0.2, -0.15) is 5.10 Å². The molecule has 2 N–H and O–H groups in total. The van der Waals surface area contributed by atoms with Crippen LogP contribution in [-0.4, -0.2) is 47.3 Å². The third-order valence-electron chi connectivity index (χ3n) is 3.18. The predicted molar refractivity (Wildman–Crippen MR) is 96.2 cm³/mol. The molecule has 1 aromatic heterocycles. The van der Waals surface area contributed by atoms with Crippen molar-refractivity contribution < 1.29 is 14.3 Å². The lowest BCUT2D eigenvalue weighted by molar-refractivity contribution is -0.129. The van der Waals surface area contributed by atoms with Crippen LogP contribution in [0.3, 0.4) is 0 Å². The molecule has 0 saturated carbocycles. The fourth-order valence-corrected chi connectivity index (χ4v) is 2.17. The topological polar surface area (TPSA) is 88.5 Å². The maximum absolute atomic E-state index is 12.0. The van der Waals surface area contributed by atoms with Gasteiger partial charge in [0.15, 0.2) is 0 Å². The molecule has 0 aliphatic carbocycles. The first-order valence-electron chi connectivity index (χ1n) is 7.62. The van der Waals surface area contributed by atoms with E-state index in [0.717, 1.165) is 0 Å². The standard InChI is InChI=1S/C16H20ClN5O3/c1-4-25-14-6-5-11(7-13(14)17)19-16(24)20-12-8-18-22(9-12)10-15(23)21(2)3/h5-9H,4,10H2,1-3H3,(H2,19,20,24). The lowest BCUT2D eigenvalue weighted by Crippen LogP contribution is -2.26. The number of carbonyl (C=O) groups excluding carboxylic acids is 2. The molecule has 9 heteroatoms. The first kappa shape index (κ1) is 18.6. The molecule has 1 heterocycles. The van der Waals surface area contributed by atoms with Crippen LogP contribution in [0.4, 0.5) is 16.2 Å². The SMILES string of the molecule is CCOc1ccc(NC(=O)Nc2cnn(CC(=O)N(C)C)c2)cc1Cl. The van der Waals surface area contributed by atoms with Crippen LogP contribution in [0.25, 0.3) is 0 Å². The van der Waals surface area contributed by atoms with E-state index in [0.29, 0.717) is 28.8 Å². The highest BCUT2D eigenvalue weighted by Gasteiger charge is 2.09. The van der Waals surface area contributed by atoms with Gasteiger partial charge in [-0.15, -0.1) is 0 Å². The van der Waals surface area contributed by atoms with Gasteiger partial charge in [0.25, 0.3) is 0 Å². The van der Waals surface area contributed by atoms with E-state index in [2.05, 4.69) is 15.7 Å². The Labute approximate surface area is 150 Å². The second-order valence-electron chi connectivity index (χ2n) is 5.37. The minimum Gasteiger partial charge on any atom is -0.492 e. The monoisotopic (exact) mass is 365 g/mol. The molecule has 0 aliphatic heterocycles. The number of nitrogens with one attached hydrogen (secondary N) is 2. The Morgan fingerprint density at radius 2 is 2.00 bits per heavy atom. The quantitative estimate of drug-likeness (QED) is 0.823. The first-order chi connectivity index (χ1) is 11.9. The van der Waals surface area contributed by atoms with Crippen LogP contribution < -0.4 is 15.4 Å². The molecule has 8 nitrogen and oxygen atoms in total. The summed E-state index contributed by atoms with van der Waals surface area (Å²) in [6.45, 7) is 2.47. The summed E-state index contributed by atoms with van der Waals surface area (Å²) in [4.78, 5) is 25.1. The molecule has 0 aliphatic rings. The minimum absolute atomic E-state index is 0.0943. The van der Waals surface area contributed by atoms with Gasteiger partial charge in [-0.25, -0.2) is 4.79 Å². The van der Waals surface area contributed by atoms with Gasteiger partial charge in [-0.05, 0) is 25.1 Å². The van der Waals surface area contributed by atoms with E-state index in [1.54, 1.807) is 38.5 Å². The summed E-state index contributed by atoms with van der Waals surface area (Å²) in [5, 5.41) is 9.75. The number of ether oxygens (including phenoxy) is 1. The molecule has 2 rings (SSSR count). The molecule has 0 spiro atoms. The Bertz CT molecular complexity index is 760. The van der Waals surface area contributed by atoms with E-state index in [9.17, 15) is 9.59 Å². The number of hydrogen-bond acceptors (Lipinski definition) is 4. The third kappa shape index (κ3) is 5.39. The number of carbonyl (C=O) groups is 2. The number of urea groups is 1. The second-order valence-corrected chi connectivity index (χ2v) is 5.78. The van der Waals surface area contributed by atoms with Crippen molar-refractivity contribution in [1.29, 1.82) is 0 Å². The molecule has 0 saturated heterocycles. The summed E-state index contributed by atoms with van der Waals surface area (Å²) in [5.74, 6) is 0.463. The largest absolute Gasteiger partial charge is 0.492 e. The van der Waals surface area contributed by atoms with Crippen LogP contribution >= 0.6 is 11.6 Å². The number of anilines is 2. The molecular weight excluding hydrogens is 346 g/mol. The highest BCUT2D eigenvalue weighted by Crippen LogP contribution is 2.27. The minimum atomic E-state index is -0.446. The third-order valence-corrected chi connectivity index (χ3v) is 3.47. The Morgan fingerprint density at radius 3 is 2.64 bits per heavy atom. The number of amides is 3. The van der Waals surface area contributed by atoms with Crippen LogP contribution in [0.15, 0.2) is 30.6 Å². The molecule has 0 atom stereocenters. The van der Waals surface area contributed by atoms with Gasteiger partial charge < -0.3 is 20.3 Å². The second kappa shape index (κ2) is 8.39.